The van der Waals surface area contributed by atoms with Gasteiger partial charge in [0.2, 0.25) is 0 Å². The zero-order valence-electron chi connectivity index (χ0n) is 10.5. The standard InChI is InChI=1S/C14H17N3O/c1-10-4-6-17(8-10)9-13(18)12-7-16-14-11(12)3-2-5-15-14/h2-3,5,7,10H,4,6,8-9H2,1H3,(H,15,16). The molecule has 1 fully saturated rings. The van der Waals surface area contributed by atoms with Crippen molar-refractivity contribution >= 4 is 16.8 Å². The Bertz CT molecular complexity index is 575. The molecule has 1 unspecified atom stereocenters. The Morgan fingerprint density at radius 2 is 2.50 bits per heavy atom. The van der Waals surface area contributed by atoms with Crippen LogP contribution < -0.4 is 0 Å². The summed E-state index contributed by atoms with van der Waals surface area (Å²) in [6.45, 7) is 4.83. The molecule has 0 saturated carbocycles. The van der Waals surface area contributed by atoms with Gasteiger partial charge in [0.25, 0.3) is 0 Å². The van der Waals surface area contributed by atoms with Crippen LogP contribution in [-0.2, 0) is 0 Å². The van der Waals surface area contributed by atoms with E-state index in [-0.39, 0.29) is 5.78 Å². The molecule has 1 aliphatic heterocycles. The molecular weight excluding hydrogens is 226 g/mol. The molecule has 0 radical (unpaired) electrons. The van der Waals surface area contributed by atoms with E-state index >= 15 is 0 Å². The van der Waals surface area contributed by atoms with Gasteiger partial charge in [0.15, 0.2) is 5.78 Å². The Morgan fingerprint density at radius 1 is 1.61 bits per heavy atom. The van der Waals surface area contributed by atoms with Gasteiger partial charge in [0.05, 0.1) is 6.54 Å². The number of nitrogens with one attached hydrogen (secondary N) is 1. The molecule has 4 heteroatoms. The van der Waals surface area contributed by atoms with Crippen molar-refractivity contribution in [2.45, 2.75) is 13.3 Å². The summed E-state index contributed by atoms with van der Waals surface area (Å²) in [7, 11) is 0. The summed E-state index contributed by atoms with van der Waals surface area (Å²) in [4.78, 5) is 21.8. The highest BCUT2D eigenvalue weighted by Gasteiger charge is 2.22. The molecule has 94 valence electrons. The van der Waals surface area contributed by atoms with E-state index in [1.54, 1.807) is 12.4 Å². The number of Topliss-reactive ketones (excluding diaryl/α,β-unsaturated/α-hetero) is 1. The average molecular weight is 243 g/mol. The number of carbonyl (C=O) groups excluding carboxylic acids is 1. The Kier molecular flexibility index (Phi) is 2.88. The number of rotatable bonds is 3. The Hall–Kier alpha value is -1.68. The third kappa shape index (κ3) is 2.04. The highest BCUT2D eigenvalue weighted by molar-refractivity contribution is 6.08. The van der Waals surface area contributed by atoms with E-state index < -0.39 is 0 Å². The number of fused-ring (bicyclic) bond motifs is 1. The number of aromatic amines is 1. The number of ketones is 1. The molecular formula is C14H17N3O. The summed E-state index contributed by atoms with van der Waals surface area (Å²) in [5.41, 5.74) is 1.55. The summed E-state index contributed by atoms with van der Waals surface area (Å²) in [6, 6.07) is 3.81. The van der Waals surface area contributed by atoms with Crippen molar-refractivity contribution in [2.24, 2.45) is 5.92 Å². The van der Waals surface area contributed by atoms with Gasteiger partial charge in [0.1, 0.15) is 5.65 Å². The fourth-order valence-electron chi connectivity index (χ4n) is 2.64. The van der Waals surface area contributed by atoms with Crippen molar-refractivity contribution in [3.8, 4) is 0 Å². The summed E-state index contributed by atoms with van der Waals surface area (Å²) < 4.78 is 0. The molecule has 2 aromatic rings. The fourth-order valence-corrected chi connectivity index (χ4v) is 2.64. The SMILES string of the molecule is CC1CCN(CC(=O)c2c[nH]c3ncccc23)C1. The Morgan fingerprint density at radius 3 is 3.28 bits per heavy atom. The number of hydrogen-bond acceptors (Lipinski definition) is 3. The zero-order valence-corrected chi connectivity index (χ0v) is 10.5. The van der Waals surface area contributed by atoms with Crippen molar-refractivity contribution in [1.82, 2.24) is 14.9 Å². The maximum atomic E-state index is 12.3. The molecule has 0 amide bonds. The molecule has 1 aliphatic rings. The fraction of sp³-hybridized carbons (Fsp3) is 0.429. The first-order valence-corrected chi connectivity index (χ1v) is 6.41. The molecule has 3 rings (SSSR count). The van der Waals surface area contributed by atoms with Crippen LogP contribution in [0.2, 0.25) is 0 Å². The maximum Gasteiger partial charge on any atom is 0.179 e. The van der Waals surface area contributed by atoms with Gasteiger partial charge in [0, 0.05) is 29.9 Å². The zero-order chi connectivity index (χ0) is 12.5. The molecule has 0 aromatic carbocycles. The van der Waals surface area contributed by atoms with Crippen LogP contribution in [0.25, 0.3) is 11.0 Å². The van der Waals surface area contributed by atoms with Crippen LogP contribution >= 0.6 is 0 Å². The minimum absolute atomic E-state index is 0.184. The predicted molar refractivity (Wildman–Crippen MR) is 70.6 cm³/mol. The average Bonchev–Trinajstić information content (AvgIpc) is 2.95. The summed E-state index contributed by atoms with van der Waals surface area (Å²) in [6.07, 6.45) is 4.71. The van der Waals surface area contributed by atoms with Gasteiger partial charge in [-0.3, -0.25) is 9.69 Å². The second-order valence-electron chi connectivity index (χ2n) is 5.15. The highest BCUT2D eigenvalue weighted by atomic mass is 16.1. The smallest absolute Gasteiger partial charge is 0.179 e. The molecule has 18 heavy (non-hydrogen) atoms. The third-order valence-electron chi connectivity index (χ3n) is 3.63. The number of aromatic nitrogens is 2. The van der Waals surface area contributed by atoms with Gasteiger partial charge in [-0.1, -0.05) is 6.92 Å². The molecule has 3 heterocycles. The number of nitrogens with zero attached hydrogens (tertiary/aromatic N) is 2. The lowest BCUT2D eigenvalue weighted by Gasteiger charge is -2.13. The van der Waals surface area contributed by atoms with Gasteiger partial charge in [-0.05, 0) is 31.0 Å². The predicted octanol–water partition coefficient (Wildman–Crippen LogP) is 2.09. The first-order chi connectivity index (χ1) is 8.74. The van der Waals surface area contributed by atoms with Gasteiger partial charge < -0.3 is 4.98 Å². The number of pyridine rings is 1. The van der Waals surface area contributed by atoms with E-state index in [1.165, 1.54) is 6.42 Å². The summed E-state index contributed by atoms with van der Waals surface area (Å²) in [5, 5.41) is 0.926. The van der Waals surface area contributed by atoms with E-state index in [4.69, 9.17) is 0 Å². The minimum atomic E-state index is 0.184. The van der Waals surface area contributed by atoms with Gasteiger partial charge in [-0.25, -0.2) is 4.98 Å². The van der Waals surface area contributed by atoms with Crippen LogP contribution in [0, 0.1) is 5.92 Å². The second kappa shape index (κ2) is 4.53. The number of carbonyl (C=O) groups is 1. The second-order valence-corrected chi connectivity index (χ2v) is 5.15. The van der Waals surface area contributed by atoms with E-state index in [2.05, 4.69) is 21.8 Å². The van der Waals surface area contributed by atoms with Crippen LogP contribution in [0.4, 0.5) is 0 Å². The van der Waals surface area contributed by atoms with Gasteiger partial charge >= 0.3 is 0 Å². The van der Waals surface area contributed by atoms with Crippen LogP contribution in [0.15, 0.2) is 24.5 Å². The number of H-pyrrole nitrogens is 1. The minimum Gasteiger partial charge on any atom is -0.345 e. The van der Waals surface area contributed by atoms with Crippen molar-refractivity contribution in [1.29, 1.82) is 0 Å². The quantitative estimate of drug-likeness (QED) is 0.840. The molecule has 1 atom stereocenters. The van der Waals surface area contributed by atoms with Crippen LogP contribution in [0.1, 0.15) is 23.7 Å². The van der Waals surface area contributed by atoms with Crippen molar-refractivity contribution in [2.75, 3.05) is 19.6 Å². The maximum absolute atomic E-state index is 12.3. The number of hydrogen-bond donors (Lipinski definition) is 1. The third-order valence-corrected chi connectivity index (χ3v) is 3.63. The van der Waals surface area contributed by atoms with Gasteiger partial charge in [-0.15, -0.1) is 0 Å². The largest absolute Gasteiger partial charge is 0.345 e. The van der Waals surface area contributed by atoms with Crippen LogP contribution in [0.3, 0.4) is 0 Å². The van der Waals surface area contributed by atoms with E-state index in [0.29, 0.717) is 12.5 Å². The lowest BCUT2D eigenvalue weighted by Crippen LogP contribution is -2.27. The lowest BCUT2D eigenvalue weighted by atomic mass is 10.1. The molecule has 4 nitrogen and oxygen atoms in total. The number of likely N-dealkylation sites (tertiary alicyclic amines) is 1. The first-order valence-electron chi connectivity index (χ1n) is 6.41. The van der Waals surface area contributed by atoms with Crippen molar-refractivity contribution in [3.63, 3.8) is 0 Å². The summed E-state index contributed by atoms with van der Waals surface area (Å²) >= 11 is 0. The van der Waals surface area contributed by atoms with E-state index in [9.17, 15) is 4.79 Å². The topological polar surface area (TPSA) is 49.0 Å². The Balaban J connectivity index is 1.80. The van der Waals surface area contributed by atoms with Crippen LogP contribution in [0.5, 0.6) is 0 Å². The first kappa shape index (κ1) is 11.4. The lowest BCUT2D eigenvalue weighted by molar-refractivity contribution is 0.0945. The van der Waals surface area contributed by atoms with Crippen molar-refractivity contribution < 1.29 is 4.79 Å². The van der Waals surface area contributed by atoms with E-state index in [0.717, 1.165) is 29.7 Å². The monoisotopic (exact) mass is 243 g/mol. The van der Waals surface area contributed by atoms with Gasteiger partial charge in [-0.2, -0.15) is 0 Å². The molecule has 0 bridgehead atoms. The van der Waals surface area contributed by atoms with Crippen LogP contribution in [-0.4, -0.2) is 40.3 Å². The molecule has 1 N–H and O–H groups in total. The normalized spacial score (nSPS) is 20.6. The van der Waals surface area contributed by atoms with Crippen molar-refractivity contribution in [3.05, 3.63) is 30.1 Å². The van der Waals surface area contributed by atoms with E-state index in [1.807, 2.05) is 12.1 Å². The molecule has 0 spiro atoms. The molecule has 0 aliphatic carbocycles. The summed E-state index contributed by atoms with van der Waals surface area (Å²) in [5.74, 6) is 0.894. The Labute approximate surface area is 106 Å². The molecule has 2 aromatic heterocycles. The highest BCUT2D eigenvalue weighted by Crippen LogP contribution is 2.19. The molecule has 1 saturated heterocycles.